The highest BCUT2D eigenvalue weighted by atomic mass is 19.1. The first-order chi connectivity index (χ1) is 10.3. The lowest BCUT2D eigenvalue weighted by Gasteiger charge is -2.36. The third kappa shape index (κ3) is 3.20. The molecule has 3 nitrogen and oxygen atoms in total. The van der Waals surface area contributed by atoms with Crippen LogP contribution >= 0.6 is 0 Å². The molecule has 1 aromatic carbocycles. The van der Waals surface area contributed by atoms with E-state index in [1.807, 2.05) is 17.0 Å². The van der Waals surface area contributed by atoms with Crippen molar-refractivity contribution in [3.05, 3.63) is 30.1 Å². The number of hydrogen-bond acceptors (Lipinski definition) is 2. The van der Waals surface area contributed by atoms with Gasteiger partial charge in [0.1, 0.15) is 5.82 Å². The van der Waals surface area contributed by atoms with Gasteiger partial charge in [0.15, 0.2) is 0 Å². The highest BCUT2D eigenvalue weighted by Crippen LogP contribution is 2.27. The van der Waals surface area contributed by atoms with Crippen LogP contribution in [0.25, 0.3) is 0 Å². The number of carbonyl (C=O) groups is 1. The van der Waals surface area contributed by atoms with E-state index in [2.05, 4.69) is 4.90 Å². The van der Waals surface area contributed by atoms with Gasteiger partial charge in [-0.1, -0.05) is 12.1 Å². The second kappa shape index (κ2) is 6.46. The van der Waals surface area contributed by atoms with E-state index in [0.717, 1.165) is 51.9 Å². The maximum Gasteiger partial charge on any atom is 0.225 e. The molecule has 0 spiro atoms. The van der Waals surface area contributed by atoms with E-state index in [0.29, 0.717) is 11.6 Å². The Balaban J connectivity index is 1.57. The minimum Gasteiger partial charge on any atom is -0.369 e. The fourth-order valence-corrected chi connectivity index (χ4v) is 3.45. The molecule has 1 amide bonds. The number of para-hydroxylation sites is 1. The Morgan fingerprint density at radius 3 is 2.33 bits per heavy atom. The number of nitrogens with zero attached hydrogens (tertiary/aromatic N) is 2. The van der Waals surface area contributed by atoms with Crippen molar-refractivity contribution in [2.24, 2.45) is 5.92 Å². The van der Waals surface area contributed by atoms with Crippen LogP contribution in [0.2, 0.25) is 0 Å². The van der Waals surface area contributed by atoms with Crippen LogP contribution in [0.4, 0.5) is 10.1 Å². The highest BCUT2D eigenvalue weighted by molar-refractivity contribution is 5.79. The predicted molar refractivity (Wildman–Crippen MR) is 81.8 cm³/mol. The zero-order valence-electron chi connectivity index (χ0n) is 12.4. The van der Waals surface area contributed by atoms with Crippen LogP contribution in [-0.4, -0.2) is 37.0 Å². The molecule has 21 heavy (non-hydrogen) atoms. The van der Waals surface area contributed by atoms with Crippen LogP contribution in [0.15, 0.2) is 24.3 Å². The van der Waals surface area contributed by atoms with E-state index in [9.17, 15) is 9.18 Å². The first-order valence-electron chi connectivity index (χ1n) is 8.04. The molecular formula is C17H23FN2O. The Hall–Kier alpha value is -1.58. The molecule has 0 bridgehead atoms. The van der Waals surface area contributed by atoms with Crippen molar-refractivity contribution >= 4 is 11.6 Å². The molecule has 0 aliphatic carbocycles. The molecule has 3 rings (SSSR count). The first-order valence-corrected chi connectivity index (χ1v) is 8.04. The van der Waals surface area contributed by atoms with Gasteiger partial charge in [0, 0.05) is 32.1 Å². The van der Waals surface area contributed by atoms with Gasteiger partial charge in [-0.05, 0) is 44.2 Å². The van der Waals surface area contributed by atoms with Gasteiger partial charge in [-0.2, -0.15) is 0 Å². The summed E-state index contributed by atoms with van der Waals surface area (Å²) in [5.41, 5.74) is 0.668. The number of carbonyl (C=O) groups excluding carboxylic acids is 1. The van der Waals surface area contributed by atoms with E-state index in [1.54, 1.807) is 6.07 Å². The second-order valence-electron chi connectivity index (χ2n) is 6.10. The van der Waals surface area contributed by atoms with Crippen molar-refractivity contribution in [1.82, 2.24) is 4.90 Å². The summed E-state index contributed by atoms with van der Waals surface area (Å²) in [6.45, 7) is 3.38. The Bertz CT molecular complexity index is 491. The Kier molecular flexibility index (Phi) is 4.42. The van der Waals surface area contributed by atoms with Crippen molar-refractivity contribution in [3.63, 3.8) is 0 Å². The number of anilines is 1. The van der Waals surface area contributed by atoms with Gasteiger partial charge in [0.05, 0.1) is 5.69 Å². The van der Waals surface area contributed by atoms with Crippen molar-refractivity contribution < 1.29 is 9.18 Å². The summed E-state index contributed by atoms with van der Waals surface area (Å²) in [5, 5.41) is 0. The lowest BCUT2D eigenvalue weighted by molar-refractivity contribution is -0.137. The monoisotopic (exact) mass is 290 g/mol. The van der Waals surface area contributed by atoms with Crippen molar-refractivity contribution in [2.75, 3.05) is 31.1 Å². The number of rotatable bonds is 2. The summed E-state index contributed by atoms with van der Waals surface area (Å²) in [4.78, 5) is 16.6. The molecule has 0 N–H and O–H groups in total. The maximum absolute atomic E-state index is 13.8. The van der Waals surface area contributed by atoms with Crippen molar-refractivity contribution in [2.45, 2.75) is 32.1 Å². The van der Waals surface area contributed by atoms with E-state index < -0.39 is 0 Å². The van der Waals surface area contributed by atoms with Crippen LogP contribution in [0, 0.1) is 11.7 Å². The topological polar surface area (TPSA) is 23.6 Å². The number of likely N-dealkylation sites (tertiary alicyclic amines) is 1. The van der Waals surface area contributed by atoms with E-state index >= 15 is 0 Å². The molecule has 0 radical (unpaired) electrons. The first kappa shape index (κ1) is 14.4. The molecule has 2 saturated heterocycles. The van der Waals surface area contributed by atoms with Crippen LogP contribution < -0.4 is 4.90 Å². The number of benzene rings is 1. The molecule has 2 aliphatic rings. The van der Waals surface area contributed by atoms with Gasteiger partial charge < -0.3 is 9.80 Å². The van der Waals surface area contributed by atoms with E-state index in [1.165, 1.54) is 12.5 Å². The number of hydrogen-bond donors (Lipinski definition) is 0. The normalized spacial score (nSPS) is 20.6. The average Bonchev–Trinajstić information content (AvgIpc) is 2.56. The van der Waals surface area contributed by atoms with Gasteiger partial charge in [-0.25, -0.2) is 4.39 Å². The molecule has 0 unspecified atom stereocenters. The Morgan fingerprint density at radius 1 is 1.00 bits per heavy atom. The van der Waals surface area contributed by atoms with E-state index in [4.69, 9.17) is 0 Å². The zero-order chi connectivity index (χ0) is 14.7. The Labute approximate surface area is 125 Å². The number of piperidine rings is 2. The summed E-state index contributed by atoms with van der Waals surface area (Å²) < 4.78 is 13.8. The summed E-state index contributed by atoms with van der Waals surface area (Å²) in [7, 11) is 0. The van der Waals surface area contributed by atoms with Crippen LogP contribution in [-0.2, 0) is 4.79 Å². The second-order valence-corrected chi connectivity index (χ2v) is 6.10. The molecule has 0 saturated carbocycles. The van der Waals surface area contributed by atoms with Gasteiger partial charge in [0.25, 0.3) is 0 Å². The van der Waals surface area contributed by atoms with E-state index in [-0.39, 0.29) is 11.7 Å². The molecule has 0 atom stereocenters. The molecule has 2 aliphatic heterocycles. The molecule has 2 fully saturated rings. The van der Waals surface area contributed by atoms with Crippen LogP contribution in [0.5, 0.6) is 0 Å². The van der Waals surface area contributed by atoms with Gasteiger partial charge in [-0.15, -0.1) is 0 Å². The van der Waals surface area contributed by atoms with Gasteiger partial charge in [0.2, 0.25) is 5.91 Å². The fourth-order valence-electron chi connectivity index (χ4n) is 3.45. The SMILES string of the molecule is O=C(C1CCN(c2ccccc2F)CC1)N1CCCCC1. The average molecular weight is 290 g/mol. The molecule has 2 heterocycles. The summed E-state index contributed by atoms with van der Waals surface area (Å²) in [6, 6.07) is 6.90. The fraction of sp³-hybridized carbons (Fsp3) is 0.588. The Morgan fingerprint density at radius 2 is 1.67 bits per heavy atom. The predicted octanol–water partition coefficient (Wildman–Crippen LogP) is 3.05. The van der Waals surface area contributed by atoms with Crippen molar-refractivity contribution in [3.8, 4) is 0 Å². The van der Waals surface area contributed by atoms with Gasteiger partial charge >= 0.3 is 0 Å². The molecule has 1 aromatic rings. The molecular weight excluding hydrogens is 267 g/mol. The smallest absolute Gasteiger partial charge is 0.225 e. The third-order valence-electron chi connectivity index (χ3n) is 4.71. The lowest BCUT2D eigenvalue weighted by atomic mass is 9.94. The molecule has 4 heteroatoms. The van der Waals surface area contributed by atoms with Crippen molar-refractivity contribution in [1.29, 1.82) is 0 Å². The third-order valence-corrected chi connectivity index (χ3v) is 4.71. The quantitative estimate of drug-likeness (QED) is 0.836. The highest BCUT2D eigenvalue weighted by Gasteiger charge is 2.29. The van der Waals surface area contributed by atoms with Crippen LogP contribution in [0.3, 0.4) is 0 Å². The molecule has 0 aromatic heterocycles. The largest absolute Gasteiger partial charge is 0.369 e. The number of halogens is 1. The minimum atomic E-state index is -0.168. The minimum absolute atomic E-state index is 0.131. The molecule has 114 valence electrons. The maximum atomic E-state index is 13.8. The number of amides is 1. The summed E-state index contributed by atoms with van der Waals surface area (Å²) in [6.07, 6.45) is 5.20. The van der Waals surface area contributed by atoms with Crippen LogP contribution in [0.1, 0.15) is 32.1 Å². The standard InChI is InChI=1S/C17H23FN2O/c18-15-6-2-3-7-16(15)19-12-8-14(9-13-19)17(21)20-10-4-1-5-11-20/h2-3,6-7,14H,1,4-5,8-13H2. The summed E-state index contributed by atoms with van der Waals surface area (Å²) in [5.74, 6) is 0.285. The summed E-state index contributed by atoms with van der Waals surface area (Å²) >= 11 is 0. The lowest BCUT2D eigenvalue weighted by Crippen LogP contribution is -2.44. The zero-order valence-corrected chi connectivity index (χ0v) is 12.4. The van der Waals surface area contributed by atoms with Gasteiger partial charge in [-0.3, -0.25) is 4.79 Å².